The molecule has 0 spiro atoms. The standard InChI is InChI=1S/C15H12ClN3O2/c1-20-11-5-2-9(3-6-11)14-18-15(21-19-14)12-8-10(17)4-7-13(12)16/h2-8H,17H2,1H3. The average molecular weight is 302 g/mol. The van der Waals surface area contributed by atoms with Crippen LogP contribution in [0.5, 0.6) is 5.75 Å². The zero-order chi connectivity index (χ0) is 14.8. The van der Waals surface area contributed by atoms with Crippen molar-refractivity contribution in [2.45, 2.75) is 0 Å². The Morgan fingerprint density at radius 3 is 2.62 bits per heavy atom. The molecule has 0 bridgehead atoms. The zero-order valence-corrected chi connectivity index (χ0v) is 12.0. The van der Waals surface area contributed by atoms with E-state index in [0.717, 1.165) is 11.3 Å². The molecule has 2 aromatic carbocycles. The van der Waals surface area contributed by atoms with Gasteiger partial charge in [0.05, 0.1) is 17.7 Å². The van der Waals surface area contributed by atoms with Crippen LogP contribution in [0.25, 0.3) is 22.8 Å². The third kappa shape index (κ3) is 2.68. The first-order valence-electron chi connectivity index (χ1n) is 6.21. The van der Waals surface area contributed by atoms with Gasteiger partial charge in [-0.3, -0.25) is 0 Å². The molecule has 0 saturated heterocycles. The number of nitrogen functional groups attached to an aromatic ring is 1. The molecule has 0 unspecified atom stereocenters. The summed E-state index contributed by atoms with van der Waals surface area (Å²) in [5.74, 6) is 1.57. The maximum absolute atomic E-state index is 6.13. The largest absolute Gasteiger partial charge is 0.497 e. The fourth-order valence-corrected chi connectivity index (χ4v) is 2.10. The van der Waals surface area contributed by atoms with Crippen LogP contribution in [0.3, 0.4) is 0 Å². The van der Waals surface area contributed by atoms with E-state index in [9.17, 15) is 0 Å². The maximum atomic E-state index is 6.13. The Kier molecular flexibility index (Phi) is 3.50. The lowest BCUT2D eigenvalue weighted by atomic mass is 10.2. The third-order valence-electron chi connectivity index (χ3n) is 3.00. The molecule has 1 aromatic heterocycles. The predicted molar refractivity (Wildman–Crippen MR) is 81.1 cm³/mol. The van der Waals surface area contributed by atoms with Gasteiger partial charge in [-0.05, 0) is 42.5 Å². The van der Waals surface area contributed by atoms with E-state index < -0.39 is 0 Å². The van der Waals surface area contributed by atoms with Crippen molar-refractivity contribution in [1.82, 2.24) is 10.1 Å². The third-order valence-corrected chi connectivity index (χ3v) is 3.32. The van der Waals surface area contributed by atoms with E-state index in [2.05, 4.69) is 10.1 Å². The Hall–Kier alpha value is -2.53. The summed E-state index contributed by atoms with van der Waals surface area (Å²) in [5, 5.41) is 4.47. The number of methoxy groups -OCH3 is 1. The summed E-state index contributed by atoms with van der Waals surface area (Å²) in [5.41, 5.74) is 7.77. The van der Waals surface area contributed by atoms with E-state index in [1.807, 2.05) is 24.3 Å². The summed E-state index contributed by atoms with van der Waals surface area (Å²) in [6.45, 7) is 0. The summed E-state index contributed by atoms with van der Waals surface area (Å²) < 4.78 is 10.4. The number of benzene rings is 2. The van der Waals surface area contributed by atoms with Gasteiger partial charge in [-0.25, -0.2) is 0 Å². The highest BCUT2D eigenvalue weighted by molar-refractivity contribution is 6.33. The molecule has 5 nitrogen and oxygen atoms in total. The number of halogens is 1. The van der Waals surface area contributed by atoms with Gasteiger partial charge in [-0.2, -0.15) is 4.98 Å². The van der Waals surface area contributed by atoms with E-state index in [-0.39, 0.29) is 0 Å². The van der Waals surface area contributed by atoms with E-state index in [1.54, 1.807) is 25.3 Å². The second kappa shape index (κ2) is 5.46. The van der Waals surface area contributed by atoms with Crippen LogP contribution < -0.4 is 10.5 Å². The minimum Gasteiger partial charge on any atom is -0.497 e. The second-order valence-electron chi connectivity index (χ2n) is 4.39. The molecule has 3 aromatic rings. The summed E-state index contributed by atoms with van der Waals surface area (Å²) in [6.07, 6.45) is 0. The van der Waals surface area contributed by atoms with Gasteiger partial charge in [0.1, 0.15) is 5.75 Å². The molecular formula is C15H12ClN3O2. The van der Waals surface area contributed by atoms with Gasteiger partial charge >= 0.3 is 0 Å². The molecule has 3 rings (SSSR count). The normalized spacial score (nSPS) is 10.6. The van der Waals surface area contributed by atoms with Crippen molar-refractivity contribution < 1.29 is 9.26 Å². The Morgan fingerprint density at radius 1 is 1.14 bits per heavy atom. The fourth-order valence-electron chi connectivity index (χ4n) is 1.90. The highest BCUT2D eigenvalue weighted by atomic mass is 35.5. The highest BCUT2D eigenvalue weighted by Crippen LogP contribution is 2.30. The smallest absolute Gasteiger partial charge is 0.259 e. The Morgan fingerprint density at radius 2 is 1.90 bits per heavy atom. The summed E-state index contributed by atoms with van der Waals surface area (Å²) in [7, 11) is 1.61. The van der Waals surface area contributed by atoms with Gasteiger partial charge < -0.3 is 15.0 Å². The lowest BCUT2D eigenvalue weighted by Gasteiger charge is -2.00. The molecule has 0 saturated carbocycles. The van der Waals surface area contributed by atoms with Crippen molar-refractivity contribution in [1.29, 1.82) is 0 Å². The molecule has 0 aliphatic heterocycles. The van der Waals surface area contributed by atoms with Crippen LogP contribution in [-0.2, 0) is 0 Å². The lowest BCUT2D eigenvalue weighted by Crippen LogP contribution is -1.87. The molecule has 0 radical (unpaired) electrons. The van der Waals surface area contributed by atoms with Gasteiger partial charge in [0.15, 0.2) is 0 Å². The number of ether oxygens (including phenoxy) is 1. The summed E-state index contributed by atoms with van der Waals surface area (Å²) in [4.78, 5) is 4.35. The molecule has 6 heteroatoms. The van der Waals surface area contributed by atoms with Crippen molar-refractivity contribution in [2.24, 2.45) is 0 Å². The van der Waals surface area contributed by atoms with E-state index >= 15 is 0 Å². The van der Waals surface area contributed by atoms with Gasteiger partial charge in [-0.15, -0.1) is 0 Å². The van der Waals surface area contributed by atoms with E-state index in [4.69, 9.17) is 26.6 Å². The Balaban J connectivity index is 1.97. The molecule has 0 atom stereocenters. The Bertz CT molecular complexity index is 769. The van der Waals surface area contributed by atoms with Crippen LogP contribution in [0, 0.1) is 0 Å². The number of hydrogen-bond donors (Lipinski definition) is 1. The van der Waals surface area contributed by atoms with Crippen molar-refractivity contribution in [3.05, 3.63) is 47.5 Å². The molecule has 21 heavy (non-hydrogen) atoms. The first-order chi connectivity index (χ1) is 10.2. The van der Waals surface area contributed by atoms with Crippen LogP contribution in [0.4, 0.5) is 5.69 Å². The number of aromatic nitrogens is 2. The van der Waals surface area contributed by atoms with E-state index in [0.29, 0.717) is 28.0 Å². The molecule has 0 fully saturated rings. The van der Waals surface area contributed by atoms with Gasteiger partial charge in [0, 0.05) is 11.3 Å². The van der Waals surface area contributed by atoms with Crippen LogP contribution in [0.1, 0.15) is 0 Å². The summed E-state index contributed by atoms with van der Waals surface area (Å²) in [6, 6.07) is 12.5. The number of nitrogens with two attached hydrogens (primary N) is 1. The minimum atomic E-state index is 0.332. The Labute approximate surface area is 126 Å². The maximum Gasteiger partial charge on any atom is 0.259 e. The second-order valence-corrected chi connectivity index (χ2v) is 4.80. The number of rotatable bonds is 3. The molecule has 0 amide bonds. The summed E-state index contributed by atoms with van der Waals surface area (Å²) >= 11 is 6.13. The first-order valence-corrected chi connectivity index (χ1v) is 6.58. The topological polar surface area (TPSA) is 74.2 Å². The van der Waals surface area contributed by atoms with Crippen molar-refractivity contribution in [3.63, 3.8) is 0 Å². The predicted octanol–water partition coefficient (Wildman–Crippen LogP) is 3.65. The van der Waals surface area contributed by atoms with E-state index in [1.165, 1.54) is 0 Å². The first kappa shape index (κ1) is 13.5. The monoisotopic (exact) mass is 301 g/mol. The highest BCUT2D eigenvalue weighted by Gasteiger charge is 2.13. The molecule has 0 aliphatic carbocycles. The van der Waals surface area contributed by atoms with Crippen LogP contribution in [0.2, 0.25) is 5.02 Å². The van der Waals surface area contributed by atoms with Crippen LogP contribution in [-0.4, -0.2) is 17.3 Å². The SMILES string of the molecule is COc1ccc(-c2noc(-c3cc(N)ccc3Cl)n2)cc1. The minimum absolute atomic E-state index is 0.332. The number of hydrogen-bond acceptors (Lipinski definition) is 5. The lowest BCUT2D eigenvalue weighted by molar-refractivity contribution is 0.415. The molecular weight excluding hydrogens is 290 g/mol. The average Bonchev–Trinajstić information content (AvgIpc) is 2.99. The molecule has 0 aliphatic rings. The number of nitrogens with zero attached hydrogens (tertiary/aromatic N) is 2. The van der Waals surface area contributed by atoms with Gasteiger partial charge in [-0.1, -0.05) is 16.8 Å². The molecule has 2 N–H and O–H groups in total. The van der Waals surface area contributed by atoms with Gasteiger partial charge in [0.2, 0.25) is 5.82 Å². The molecule has 106 valence electrons. The molecule has 1 heterocycles. The fraction of sp³-hybridized carbons (Fsp3) is 0.0667. The zero-order valence-electron chi connectivity index (χ0n) is 11.2. The quantitative estimate of drug-likeness (QED) is 0.747. The van der Waals surface area contributed by atoms with Crippen LogP contribution in [0.15, 0.2) is 47.0 Å². The van der Waals surface area contributed by atoms with Crippen LogP contribution >= 0.6 is 11.6 Å². The van der Waals surface area contributed by atoms with Crippen molar-refractivity contribution in [3.8, 4) is 28.6 Å². The van der Waals surface area contributed by atoms with Gasteiger partial charge in [0.25, 0.3) is 5.89 Å². The van der Waals surface area contributed by atoms with Crippen molar-refractivity contribution >= 4 is 17.3 Å². The van der Waals surface area contributed by atoms with Crippen molar-refractivity contribution in [2.75, 3.05) is 12.8 Å². The number of anilines is 1.